The average molecular weight is 241 g/mol. The van der Waals surface area contributed by atoms with E-state index in [1.807, 2.05) is 13.8 Å². The minimum absolute atomic E-state index is 0.546. The zero-order valence-corrected chi connectivity index (χ0v) is 11.8. The number of carboxylic acid groups (broad SMARTS) is 1. The second-order valence-electron chi connectivity index (χ2n) is 5.55. The molecule has 2 nitrogen and oxygen atoms in total. The van der Waals surface area contributed by atoms with Crippen LogP contribution in [0.2, 0.25) is 0 Å². The summed E-state index contributed by atoms with van der Waals surface area (Å²) in [5.74, 6) is -0.674. The van der Waals surface area contributed by atoms with Crippen molar-refractivity contribution in [1.29, 1.82) is 0 Å². The summed E-state index contributed by atoms with van der Waals surface area (Å²) < 4.78 is 0. The van der Waals surface area contributed by atoms with E-state index in [-0.39, 0.29) is 0 Å². The van der Waals surface area contributed by atoms with Gasteiger partial charge in [0.25, 0.3) is 0 Å². The standard InChI is InChI=1S/C15H29O2/c1-4-5-6-7-8-9-10-11-12-13-15(2,3)14(16)17/h5H,4,6-13H2,1-3H3,(H,16,17). The van der Waals surface area contributed by atoms with E-state index in [0.29, 0.717) is 0 Å². The van der Waals surface area contributed by atoms with Crippen LogP contribution in [0.1, 0.15) is 78.6 Å². The van der Waals surface area contributed by atoms with Crippen molar-refractivity contribution in [3.05, 3.63) is 6.42 Å². The van der Waals surface area contributed by atoms with Gasteiger partial charge in [0.1, 0.15) is 0 Å². The highest BCUT2D eigenvalue weighted by Gasteiger charge is 2.25. The number of unbranched alkanes of at least 4 members (excludes halogenated alkanes) is 8. The van der Waals surface area contributed by atoms with Crippen molar-refractivity contribution in [3.8, 4) is 0 Å². The molecule has 0 saturated carbocycles. The lowest BCUT2D eigenvalue weighted by atomic mass is 9.87. The summed E-state index contributed by atoms with van der Waals surface area (Å²) in [6, 6.07) is 0. The highest BCUT2D eigenvalue weighted by atomic mass is 16.4. The molecule has 0 bridgehead atoms. The fourth-order valence-electron chi connectivity index (χ4n) is 1.87. The predicted octanol–water partition coefficient (Wildman–Crippen LogP) is 4.83. The molecule has 0 aliphatic rings. The highest BCUT2D eigenvalue weighted by molar-refractivity contribution is 5.73. The van der Waals surface area contributed by atoms with Crippen molar-refractivity contribution in [2.24, 2.45) is 5.41 Å². The molecule has 0 unspecified atom stereocenters. The topological polar surface area (TPSA) is 37.3 Å². The van der Waals surface area contributed by atoms with Crippen molar-refractivity contribution in [2.45, 2.75) is 78.6 Å². The van der Waals surface area contributed by atoms with Crippen LogP contribution in [0, 0.1) is 11.8 Å². The summed E-state index contributed by atoms with van der Waals surface area (Å²) in [6.45, 7) is 5.82. The number of rotatable bonds is 11. The summed E-state index contributed by atoms with van der Waals surface area (Å²) in [5, 5.41) is 8.96. The van der Waals surface area contributed by atoms with Gasteiger partial charge >= 0.3 is 5.97 Å². The maximum atomic E-state index is 10.9. The molecular weight excluding hydrogens is 212 g/mol. The van der Waals surface area contributed by atoms with Crippen LogP contribution in [0.25, 0.3) is 0 Å². The Labute approximate surface area is 107 Å². The van der Waals surface area contributed by atoms with E-state index in [4.69, 9.17) is 5.11 Å². The molecule has 0 fully saturated rings. The van der Waals surface area contributed by atoms with Crippen molar-refractivity contribution in [1.82, 2.24) is 0 Å². The van der Waals surface area contributed by atoms with Crippen molar-refractivity contribution in [3.63, 3.8) is 0 Å². The molecule has 0 rings (SSSR count). The summed E-state index contributed by atoms with van der Waals surface area (Å²) >= 11 is 0. The Morgan fingerprint density at radius 3 is 2.12 bits per heavy atom. The molecule has 101 valence electrons. The average Bonchev–Trinajstić information content (AvgIpc) is 2.26. The fourth-order valence-corrected chi connectivity index (χ4v) is 1.87. The molecule has 0 aromatic rings. The van der Waals surface area contributed by atoms with Gasteiger partial charge in [0.05, 0.1) is 5.41 Å². The Balaban J connectivity index is 3.27. The molecular formula is C15H29O2. The molecule has 0 aliphatic carbocycles. The Kier molecular flexibility index (Phi) is 9.20. The minimum Gasteiger partial charge on any atom is -0.481 e. The Bertz CT molecular complexity index is 197. The van der Waals surface area contributed by atoms with Gasteiger partial charge in [-0.3, -0.25) is 4.79 Å². The van der Waals surface area contributed by atoms with E-state index in [9.17, 15) is 4.79 Å². The lowest BCUT2D eigenvalue weighted by Crippen LogP contribution is -2.23. The lowest BCUT2D eigenvalue weighted by molar-refractivity contribution is -0.147. The first-order valence-electron chi connectivity index (χ1n) is 7.05. The van der Waals surface area contributed by atoms with Crippen LogP contribution in [0.15, 0.2) is 0 Å². The van der Waals surface area contributed by atoms with Crippen molar-refractivity contribution < 1.29 is 9.90 Å². The van der Waals surface area contributed by atoms with E-state index in [2.05, 4.69) is 13.3 Å². The summed E-state index contributed by atoms with van der Waals surface area (Å²) in [7, 11) is 0. The summed E-state index contributed by atoms with van der Waals surface area (Å²) in [5.41, 5.74) is -0.546. The van der Waals surface area contributed by atoms with Crippen LogP contribution in [0.5, 0.6) is 0 Å². The monoisotopic (exact) mass is 241 g/mol. The van der Waals surface area contributed by atoms with E-state index < -0.39 is 11.4 Å². The van der Waals surface area contributed by atoms with Gasteiger partial charge < -0.3 is 5.11 Å². The third kappa shape index (κ3) is 9.20. The smallest absolute Gasteiger partial charge is 0.309 e. The predicted molar refractivity (Wildman–Crippen MR) is 72.9 cm³/mol. The molecule has 0 aromatic heterocycles. The van der Waals surface area contributed by atoms with Crippen molar-refractivity contribution in [2.75, 3.05) is 0 Å². The maximum Gasteiger partial charge on any atom is 0.309 e. The number of carbonyl (C=O) groups is 1. The first-order chi connectivity index (χ1) is 8.00. The zero-order valence-electron chi connectivity index (χ0n) is 11.8. The SMILES string of the molecule is CC[CH]CCCCCCCCC(C)(C)C(=O)O. The third-order valence-electron chi connectivity index (χ3n) is 3.33. The second-order valence-corrected chi connectivity index (χ2v) is 5.55. The van der Waals surface area contributed by atoms with Gasteiger partial charge in [-0.15, -0.1) is 0 Å². The molecule has 0 heterocycles. The normalized spacial score (nSPS) is 11.7. The van der Waals surface area contributed by atoms with Crippen LogP contribution in [0.3, 0.4) is 0 Å². The van der Waals surface area contributed by atoms with Gasteiger partial charge in [0.2, 0.25) is 0 Å². The second kappa shape index (κ2) is 9.49. The van der Waals surface area contributed by atoms with Crippen LogP contribution < -0.4 is 0 Å². The molecule has 0 aromatic carbocycles. The summed E-state index contributed by atoms with van der Waals surface area (Å²) in [6.07, 6.45) is 13.0. The van der Waals surface area contributed by atoms with Gasteiger partial charge in [-0.1, -0.05) is 58.3 Å². The number of hydrogen-bond acceptors (Lipinski definition) is 1. The Morgan fingerprint density at radius 1 is 1.06 bits per heavy atom. The minimum atomic E-state index is -0.674. The molecule has 0 atom stereocenters. The van der Waals surface area contributed by atoms with Crippen molar-refractivity contribution >= 4 is 5.97 Å². The quantitative estimate of drug-likeness (QED) is 0.526. The van der Waals surface area contributed by atoms with Gasteiger partial charge in [0.15, 0.2) is 0 Å². The first kappa shape index (κ1) is 16.5. The molecule has 0 aliphatic heterocycles. The number of aliphatic carboxylic acids is 1. The third-order valence-corrected chi connectivity index (χ3v) is 3.33. The van der Waals surface area contributed by atoms with E-state index in [1.165, 1.54) is 44.9 Å². The lowest BCUT2D eigenvalue weighted by Gasteiger charge is -2.18. The van der Waals surface area contributed by atoms with E-state index in [1.54, 1.807) is 0 Å². The zero-order chi connectivity index (χ0) is 13.1. The molecule has 0 amide bonds. The molecule has 0 spiro atoms. The Hall–Kier alpha value is -0.530. The van der Waals surface area contributed by atoms with Gasteiger partial charge in [-0.05, 0) is 26.7 Å². The van der Waals surface area contributed by atoms with Crippen LogP contribution >= 0.6 is 0 Å². The van der Waals surface area contributed by atoms with Crippen LogP contribution in [0.4, 0.5) is 0 Å². The van der Waals surface area contributed by atoms with Crippen LogP contribution in [-0.4, -0.2) is 11.1 Å². The van der Waals surface area contributed by atoms with Crippen LogP contribution in [-0.2, 0) is 4.79 Å². The summed E-state index contributed by atoms with van der Waals surface area (Å²) in [4.78, 5) is 10.9. The Morgan fingerprint density at radius 2 is 1.59 bits per heavy atom. The van der Waals surface area contributed by atoms with E-state index in [0.717, 1.165) is 12.8 Å². The largest absolute Gasteiger partial charge is 0.481 e. The van der Waals surface area contributed by atoms with E-state index >= 15 is 0 Å². The highest BCUT2D eigenvalue weighted by Crippen LogP contribution is 2.24. The first-order valence-corrected chi connectivity index (χ1v) is 7.05. The molecule has 2 heteroatoms. The maximum absolute atomic E-state index is 10.9. The molecule has 0 saturated heterocycles. The van der Waals surface area contributed by atoms with Gasteiger partial charge in [-0.25, -0.2) is 0 Å². The van der Waals surface area contributed by atoms with Gasteiger partial charge in [0, 0.05) is 0 Å². The fraction of sp³-hybridized carbons (Fsp3) is 0.867. The molecule has 17 heavy (non-hydrogen) atoms. The number of carboxylic acids is 1. The molecule has 1 N–H and O–H groups in total. The van der Waals surface area contributed by atoms with Gasteiger partial charge in [-0.2, -0.15) is 0 Å². The molecule has 1 radical (unpaired) electrons. The number of hydrogen-bond donors (Lipinski definition) is 1.